The molecule has 1 saturated carbocycles. The Labute approximate surface area is 110 Å². The van der Waals surface area contributed by atoms with Crippen molar-refractivity contribution in [1.29, 1.82) is 0 Å². The standard InChI is InChI=1S/C14H28N2O2/c1-13(2,14(3,4)15)12(18)16-11-8-6-5-7-10(11)9-17/h10-11,17H,5-9,15H2,1-4H3,(H,16,18). The summed E-state index contributed by atoms with van der Waals surface area (Å²) in [6, 6.07) is 0.0953. The van der Waals surface area contributed by atoms with Crippen LogP contribution in [0, 0.1) is 11.3 Å². The van der Waals surface area contributed by atoms with Crippen molar-refractivity contribution in [2.24, 2.45) is 17.1 Å². The predicted octanol–water partition coefficient (Wildman–Crippen LogP) is 1.42. The summed E-state index contributed by atoms with van der Waals surface area (Å²) < 4.78 is 0. The van der Waals surface area contributed by atoms with Crippen LogP contribution < -0.4 is 11.1 Å². The fourth-order valence-corrected chi connectivity index (χ4v) is 2.26. The molecule has 106 valence electrons. The van der Waals surface area contributed by atoms with Gasteiger partial charge >= 0.3 is 0 Å². The lowest BCUT2D eigenvalue weighted by atomic mass is 9.74. The van der Waals surface area contributed by atoms with Crippen molar-refractivity contribution in [3.05, 3.63) is 0 Å². The summed E-state index contributed by atoms with van der Waals surface area (Å²) in [5, 5.41) is 12.4. The van der Waals surface area contributed by atoms with E-state index < -0.39 is 11.0 Å². The van der Waals surface area contributed by atoms with Crippen LogP contribution in [0.25, 0.3) is 0 Å². The third kappa shape index (κ3) is 3.23. The van der Waals surface area contributed by atoms with Gasteiger partial charge in [-0.05, 0) is 40.5 Å². The molecule has 0 heterocycles. The number of amides is 1. The van der Waals surface area contributed by atoms with Gasteiger partial charge in [0.05, 0.1) is 5.41 Å². The lowest BCUT2D eigenvalue weighted by molar-refractivity contribution is -0.133. The first kappa shape index (κ1) is 15.4. The second-order valence-corrected chi connectivity index (χ2v) is 6.65. The Kier molecular flexibility index (Phi) is 4.78. The normalized spacial score (nSPS) is 25.9. The van der Waals surface area contributed by atoms with Gasteiger partial charge in [0.15, 0.2) is 0 Å². The van der Waals surface area contributed by atoms with Gasteiger partial charge in [0, 0.05) is 24.1 Å². The third-order valence-corrected chi connectivity index (χ3v) is 4.64. The van der Waals surface area contributed by atoms with Crippen molar-refractivity contribution >= 4 is 5.91 Å². The van der Waals surface area contributed by atoms with Gasteiger partial charge < -0.3 is 16.2 Å². The van der Waals surface area contributed by atoms with Crippen LogP contribution in [0.2, 0.25) is 0 Å². The van der Waals surface area contributed by atoms with Crippen LogP contribution in [0.1, 0.15) is 53.4 Å². The molecule has 18 heavy (non-hydrogen) atoms. The van der Waals surface area contributed by atoms with E-state index in [0.29, 0.717) is 0 Å². The van der Waals surface area contributed by atoms with Crippen LogP contribution in [0.15, 0.2) is 0 Å². The number of hydrogen-bond donors (Lipinski definition) is 3. The fraction of sp³-hybridized carbons (Fsp3) is 0.929. The lowest BCUT2D eigenvalue weighted by Crippen LogP contribution is -2.58. The van der Waals surface area contributed by atoms with E-state index in [4.69, 9.17) is 5.73 Å². The number of aliphatic hydroxyl groups is 1. The summed E-state index contributed by atoms with van der Waals surface area (Å²) in [6.45, 7) is 7.64. The van der Waals surface area contributed by atoms with Crippen LogP contribution in [0.4, 0.5) is 0 Å². The SMILES string of the molecule is CC(C)(N)C(C)(C)C(=O)NC1CCCCC1CO. The molecule has 4 N–H and O–H groups in total. The maximum absolute atomic E-state index is 12.4. The van der Waals surface area contributed by atoms with E-state index in [9.17, 15) is 9.90 Å². The van der Waals surface area contributed by atoms with Gasteiger partial charge in [-0.2, -0.15) is 0 Å². The molecule has 0 bridgehead atoms. The number of rotatable bonds is 4. The van der Waals surface area contributed by atoms with Crippen LogP contribution >= 0.6 is 0 Å². The molecule has 4 heteroatoms. The highest BCUT2D eigenvalue weighted by molar-refractivity contribution is 5.83. The van der Waals surface area contributed by atoms with Crippen molar-refractivity contribution in [3.8, 4) is 0 Å². The van der Waals surface area contributed by atoms with E-state index in [1.807, 2.05) is 27.7 Å². The second-order valence-electron chi connectivity index (χ2n) is 6.65. The zero-order valence-corrected chi connectivity index (χ0v) is 12.1. The summed E-state index contributed by atoms with van der Waals surface area (Å²) in [7, 11) is 0. The van der Waals surface area contributed by atoms with E-state index in [0.717, 1.165) is 25.7 Å². The molecule has 1 aliphatic rings. The highest BCUT2D eigenvalue weighted by Crippen LogP contribution is 2.30. The van der Waals surface area contributed by atoms with Crippen LogP contribution in [0.5, 0.6) is 0 Å². The smallest absolute Gasteiger partial charge is 0.227 e. The van der Waals surface area contributed by atoms with Crippen molar-refractivity contribution in [2.45, 2.75) is 65.0 Å². The van der Waals surface area contributed by atoms with Gasteiger partial charge in [0.25, 0.3) is 0 Å². The Balaban J connectivity index is 2.69. The first-order valence-electron chi connectivity index (χ1n) is 6.91. The van der Waals surface area contributed by atoms with Gasteiger partial charge in [-0.1, -0.05) is 12.8 Å². The van der Waals surface area contributed by atoms with Gasteiger partial charge in [-0.25, -0.2) is 0 Å². The van der Waals surface area contributed by atoms with Crippen molar-refractivity contribution in [2.75, 3.05) is 6.61 Å². The first-order valence-corrected chi connectivity index (χ1v) is 6.91. The highest BCUT2D eigenvalue weighted by Gasteiger charge is 2.41. The van der Waals surface area contributed by atoms with E-state index in [-0.39, 0.29) is 24.5 Å². The number of nitrogens with two attached hydrogens (primary N) is 1. The van der Waals surface area contributed by atoms with Crippen LogP contribution in [0.3, 0.4) is 0 Å². The Morgan fingerprint density at radius 2 is 1.83 bits per heavy atom. The second kappa shape index (κ2) is 5.57. The Morgan fingerprint density at radius 3 is 2.33 bits per heavy atom. The van der Waals surface area contributed by atoms with Crippen LogP contribution in [-0.2, 0) is 4.79 Å². The Hall–Kier alpha value is -0.610. The minimum absolute atomic E-state index is 0.0136. The molecule has 2 atom stereocenters. The average Bonchev–Trinajstić information content (AvgIpc) is 2.28. The average molecular weight is 256 g/mol. The minimum atomic E-state index is -0.621. The van der Waals surface area contributed by atoms with Gasteiger partial charge in [-0.15, -0.1) is 0 Å². The Morgan fingerprint density at radius 1 is 1.28 bits per heavy atom. The van der Waals surface area contributed by atoms with Gasteiger partial charge in [0.2, 0.25) is 5.91 Å². The molecular weight excluding hydrogens is 228 g/mol. The third-order valence-electron chi connectivity index (χ3n) is 4.64. The predicted molar refractivity (Wildman–Crippen MR) is 73.0 cm³/mol. The highest BCUT2D eigenvalue weighted by atomic mass is 16.3. The Bertz CT molecular complexity index is 295. The number of nitrogens with one attached hydrogen (secondary N) is 1. The van der Waals surface area contributed by atoms with Crippen molar-refractivity contribution < 1.29 is 9.90 Å². The van der Waals surface area contributed by atoms with Crippen molar-refractivity contribution in [3.63, 3.8) is 0 Å². The molecule has 0 aromatic heterocycles. The maximum atomic E-state index is 12.4. The van der Waals surface area contributed by atoms with E-state index in [1.54, 1.807) is 0 Å². The molecule has 1 aliphatic carbocycles. The van der Waals surface area contributed by atoms with E-state index in [1.165, 1.54) is 0 Å². The molecular formula is C14H28N2O2. The minimum Gasteiger partial charge on any atom is -0.396 e. The largest absolute Gasteiger partial charge is 0.396 e. The number of aliphatic hydroxyl groups excluding tert-OH is 1. The molecule has 0 aromatic rings. The lowest BCUT2D eigenvalue weighted by Gasteiger charge is -2.40. The summed E-state index contributed by atoms with van der Waals surface area (Å²) in [5.74, 6) is 0.180. The maximum Gasteiger partial charge on any atom is 0.227 e. The summed E-state index contributed by atoms with van der Waals surface area (Å²) in [5.41, 5.74) is 4.89. The monoisotopic (exact) mass is 256 g/mol. The topological polar surface area (TPSA) is 75.4 Å². The summed E-state index contributed by atoms with van der Waals surface area (Å²) in [4.78, 5) is 12.4. The zero-order valence-electron chi connectivity index (χ0n) is 12.1. The van der Waals surface area contributed by atoms with Gasteiger partial charge in [0.1, 0.15) is 0 Å². The van der Waals surface area contributed by atoms with E-state index in [2.05, 4.69) is 5.32 Å². The molecule has 0 radical (unpaired) electrons. The summed E-state index contributed by atoms with van der Waals surface area (Å²) >= 11 is 0. The molecule has 1 amide bonds. The molecule has 1 rings (SSSR count). The molecule has 0 spiro atoms. The van der Waals surface area contributed by atoms with Gasteiger partial charge in [-0.3, -0.25) is 4.79 Å². The molecule has 2 unspecified atom stereocenters. The zero-order chi connectivity index (χ0) is 14.0. The number of carbonyl (C=O) groups excluding carboxylic acids is 1. The molecule has 4 nitrogen and oxygen atoms in total. The molecule has 0 aliphatic heterocycles. The van der Waals surface area contributed by atoms with Crippen molar-refractivity contribution in [1.82, 2.24) is 5.32 Å². The number of hydrogen-bond acceptors (Lipinski definition) is 3. The van der Waals surface area contributed by atoms with E-state index >= 15 is 0 Å². The summed E-state index contributed by atoms with van der Waals surface area (Å²) in [6.07, 6.45) is 4.21. The van der Waals surface area contributed by atoms with Crippen LogP contribution in [-0.4, -0.2) is 29.2 Å². The molecule has 1 fully saturated rings. The fourth-order valence-electron chi connectivity index (χ4n) is 2.26. The number of carbonyl (C=O) groups is 1. The molecule has 0 aromatic carbocycles. The quantitative estimate of drug-likeness (QED) is 0.712. The first-order chi connectivity index (χ1) is 8.20. The molecule has 0 saturated heterocycles.